The first-order chi connectivity index (χ1) is 12.3. The molecule has 0 spiro atoms. The first-order valence-electron chi connectivity index (χ1n) is 9.44. The Morgan fingerprint density at radius 3 is 2.27 bits per heavy atom. The summed E-state index contributed by atoms with van der Waals surface area (Å²) in [6.45, 7) is 8.91. The van der Waals surface area contributed by atoms with E-state index in [4.69, 9.17) is 4.74 Å². The van der Waals surface area contributed by atoms with Gasteiger partial charge < -0.3 is 9.84 Å². The summed E-state index contributed by atoms with van der Waals surface area (Å²) >= 11 is 0. The minimum atomic E-state index is -3.45. The lowest BCUT2D eigenvalue weighted by Crippen LogP contribution is -2.50. The van der Waals surface area contributed by atoms with Crippen LogP contribution in [0.1, 0.15) is 32.8 Å². The highest BCUT2D eigenvalue weighted by Crippen LogP contribution is 2.19. The normalized spacial score (nSPS) is 18.3. The number of aliphatic hydroxyl groups excluding tert-OH is 1. The molecule has 0 amide bonds. The molecule has 0 radical (unpaired) electrons. The lowest BCUT2D eigenvalue weighted by molar-refractivity contribution is -0.0117. The number of sulfonamides is 1. The maximum absolute atomic E-state index is 12.8. The van der Waals surface area contributed by atoms with E-state index in [1.165, 1.54) is 4.31 Å². The second-order valence-electron chi connectivity index (χ2n) is 7.13. The van der Waals surface area contributed by atoms with Crippen molar-refractivity contribution in [2.24, 2.45) is 0 Å². The van der Waals surface area contributed by atoms with Crippen LogP contribution in [0.2, 0.25) is 0 Å². The standard InChI is InChI=1S/C19H32N2O4S/c1-4-5-17-6-8-19(9-7-17)26(23,24)21-12-10-20(11-13-21)14-18(22)15-25-16(2)3/h6-9,16,18,22H,4-5,10-15H2,1-3H3/t18-/m0/s1. The summed E-state index contributed by atoms with van der Waals surface area (Å²) in [7, 11) is -3.45. The molecular formula is C19H32N2O4S. The molecule has 7 heteroatoms. The van der Waals surface area contributed by atoms with Crippen LogP contribution in [0.15, 0.2) is 29.2 Å². The molecular weight excluding hydrogens is 352 g/mol. The van der Waals surface area contributed by atoms with Gasteiger partial charge in [-0.05, 0) is 38.0 Å². The van der Waals surface area contributed by atoms with E-state index in [0.717, 1.165) is 18.4 Å². The van der Waals surface area contributed by atoms with Crippen LogP contribution in [-0.2, 0) is 21.2 Å². The third-order valence-electron chi connectivity index (χ3n) is 4.52. The predicted molar refractivity (Wildman–Crippen MR) is 103 cm³/mol. The van der Waals surface area contributed by atoms with Gasteiger partial charge in [0, 0.05) is 32.7 Å². The lowest BCUT2D eigenvalue weighted by atomic mass is 10.1. The molecule has 1 heterocycles. The Kier molecular flexibility index (Phi) is 8.04. The highest BCUT2D eigenvalue weighted by molar-refractivity contribution is 7.89. The van der Waals surface area contributed by atoms with Crippen molar-refractivity contribution in [3.8, 4) is 0 Å². The zero-order valence-corrected chi connectivity index (χ0v) is 16.9. The van der Waals surface area contributed by atoms with Crippen LogP contribution in [0.3, 0.4) is 0 Å². The molecule has 0 unspecified atom stereocenters. The lowest BCUT2D eigenvalue weighted by Gasteiger charge is -2.35. The quantitative estimate of drug-likeness (QED) is 0.702. The van der Waals surface area contributed by atoms with E-state index in [-0.39, 0.29) is 6.10 Å². The molecule has 26 heavy (non-hydrogen) atoms. The first-order valence-corrected chi connectivity index (χ1v) is 10.9. The number of hydrogen-bond acceptors (Lipinski definition) is 5. The molecule has 148 valence electrons. The van der Waals surface area contributed by atoms with Crippen molar-refractivity contribution in [3.05, 3.63) is 29.8 Å². The number of aryl methyl sites for hydroxylation is 1. The van der Waals surface area contributed by atoms with Gasteiger partial charge in [0.1, 0.15) is 0 Å². The Balaban J connectivity index is 1.87. The van der Waals surface area contributed by atoms with Crippen molar-refractivity contribution in [3.63, 3.8) is 0 Å². The van der Waals surface area contributed by atoms with Gasteiger partial charge >= 0.3 is 0 Å². The smallest absolute Gasteiger partial charge is 0.243 e. The van der Waals surface area contributed by atoms with Crippen molar-refractivity contribution < 1.29 is 18.3 Å². The summed E-state index contributed by atoms with van der Waals surface area (Å²) in [5.41, 5.74) is 1.16. The van der Waals surface area contributed by atoms with Crippen molar-refractivity contribution in [1.82, 2.24) is 9.21 Å². The largest absolute Gasteiger partial charge is 0.389 e. The molecule has 2 rings (SSSR count). The number of aliphatic hydroxyl groups is 1. The number of hydrogen-bond donors (Lipinski definition) is 1. The van der Waals surface area contributed by atoms with Crippen molar-refractivity contribution in [2.75, 3.05) is 39.3 Å². The summed E-state index contributed by atoms with van der Waals surface area (Å²) in [4.78, 5) is 2.45. The molecule has 1 aliphatic rings. The van der Waals surface area contributed by atoms with Gasteiger partial charge in [-0.15, -0.1) is 0 Å². The van der Waals surface area contributed by atoms with Crippen LogP contribution in [-0.4, -0.2) is 74.3 Å². The number of benzene rings is 1. The Bertz CT molecular complexity index is 638. The molecule has 6 nitrogen and oxygen atoms in total. The van der Waals surface area contributed by atoms with Gasteiger partial charge in [-0.25, -0.2) is 8.42 Å². The highest BCUT2D eigenvalue weighted by Gasteiger charge is 2.29. The van der Waals surface area contributed by atoms with E-state index in [1.807, 2.05) is 26.0 Å². The van der Waals surface area contributed by atoms with Crippen molar-refractivity contribution in [2.45, 2.75) is 50.7 Å². The summed E-state index contributed by atoms with van der Waals surface area (Å²) in [5, 5.41) is 10.0. The second kappa shape index (κ2) is 9.80. The second-order valence-corrected chi connectivity index (χ2v) is 9.07. The van der Waals surface area contributed by atoms with Crippen LogP contribution in [0.4, 0.5) is 0 Å². The monoisotopic (exact) mass is 384 g/mol. The number of ether oxygens (including phenoxy) is 1. The van der Waals surface area contributed by atoms with Gasteiger partial charge in [0.25, 0.3) is 0 Å². The molecule has 1 aromatic rings. The fourth-order valence-electron chi connectivity index (χ4n) is 3.07. The van der Waals surface area contributed by atoms with E-state index in [2.05, 4.69) is 11.8 Å². The first kappa shape index (κ1) is 21.3. The van der Waals surface area contributed by atoms with Crippen molar-refractivity contribution >= 4 is 10.0 Å². The molecule has 0 saturated carbocycles. The molecule has 1 fully saturated rings. The summed E-state index contributed by atoms with van der Waals surface area (Å²) in [6, 6.07) is 7.22. The summed E-state index contributed by atoms with van der Waals surface area (Å²) in [6.07, 6.45) is 1.55. The Labute approximate surface area is 157 Å². The van der Waals surface area contributed by atoms with Crippen LogP contribution in [0, 0.1) is 0 Å². The van der Waals surface area contributed by atoms with Gasteiger partial charge in [0.05, 0.1) is 23.7 Å². The van der Waals surface area contributed by atoms with E-state index in [1.54, 1.807) is 12.1 Å². The van der Waals surface area contributed by atoms with E-state index in [0.29, 0.717) is 44.2 Å². The molecule has 1 aromatic carbocycles. The average molecular weight is 385 g/mol. The third-order valence-corrected chi connectivity index (χ3v) is 6.43. The zero-order valence-electron chi connectivity index (χ0n) is 16.1. The number of rotatable bonds is 9. The Morgan fingerprint density at radius 2 is 1.73 bits per heavy atom. The minimum absolute atomic E-state index is 0.0929. The molecule has 0 bridgehead atoms. The van der Waals surface area contributed by atoms with Gasteiger partial charge in [-0.1, -0.05) is 25.5 Å². The van der Waals surface area contributed by atoms with E-state index >= 15 is 0 Å². The van der Waals surface area contributed by atoms with Crippen molar-refractivity contribution in [1.29, 1.82) is 0 Å². The molecule has 1 atom stereocenters. The molecule has 1 N–H and O–H groups in total. The van der Waals surface area contributed by atoms with E-state index in [9.17, 15) is 13.5 Å². The van der Waals surface area contributed by atoms with Crippen LogP contribution >= 0.6 is 0 Å². The molecule has 1 aliphatic heterocycles. The molecule has 0 aromatic heterocycles. The highest BCUT2D eigenvalue weighted by atomic mass is 32.2. The van der Waals surface area contributed by atoms with Gasteiger partial charge in [-0.3, -0.25) is 4.90 Å². The minimum Gasteiger partial charge on any atom is -0.389 e. The Morgan fingerprint density at radius 1 is 1.12 bits per heavy atom. The predicted octanol–water partition coefficient (Wildman–Crippen LogP) is 1.73. The zero-order chi connectivity index (χ0) is 19.2. The van der Waals surface area contributed by atoms with Gasteiger partial charge in [-0.2, -0.15) is 4.31 Å². The fraction of sp³-hybridized carbons (Fsp3) is 0.684. The number of β-amino-alcohol motifs (C(OH)–C–C–N with tert-alkyl or cyclic N) is 1. The maximum atomic E-state index is 12.8. The summed E-state index contributed by atoms with van der Waals surface area (Å²) < 4.78 is 32.6. The van der Waals surface area contributed by atoms with E-state index < -0.39 is 16.1 Å². The molecule has 0 aliphatic carbocycles. The number of nitrogens with zero attached hydrogens (tertiary/aromatic N) is 2. The average Bonchev–Trinajstić information content (AvgIpc) is 2.61. The fourth-order valence-corrected chi connectivity index (χ4v) is 4.49. The topological polar surface area (TPSA) is 70.1 Å². The van der Waals surface area contributed by atoms with Crippen LogP contribution in [0.5, 0.6) is 0 Å². The molecule has 1 saturated heterocycles. The summed E-state index contributed by atoms with van der Waals surface area (Å²) in [5.74, 6) is 0. The Hall–Kier alpha value is -0.990. The van der Waals surface area contributed by atoms with Crippen LogP contribution in [0.25, 0.3) is 0 Å². The van der Waals surface area contributed by atoms with Gasteiger partial charge in [0.15, 0.2) is 0 Å². The van der Waals surface area contributed by atoms with Gasteiger partial charge in [0.2, 0.25) is 10.0 Å². The SMILES string of the molecule is CCCc1ccc(S(=O)(=O)N2CCN(C[C@H](O)COC(C)C)CC2)cc1. The third kappa shape index (κ3) is 6.03. The number of piperazine rings is 1. The maximum Gasteiger partial charge on any atom is 0.243 e. The van der Waals surface area contributed by atoms with Crippen LogP contribution < -0.4 is 0 Å².